The topological polar surface area (TPSA) is 89.0 Å². The zero-order chi connectivity index (χ0) is 25.9. The van der Waals surface area contributed by atoms with Gasteiger partial charge in [-0.15, -0.1) is 0 Å². The number of ether oxygens (including phenoxy) is 2. The molecule has 0 spiro atoms. The number of methoxy groups -OCH3 is 1. The van der Waals surface area contributed by atoms with Crippen LogP contribution >= 0.6 is 11.3 Å². The summed E-state index contributed by atoms with van der Waals surface area (Å²) < 4.78 is 11.7. The smallest absolute Gasteiger partial charge is 0.296 e. The van der Waals surface area contributed by atoms with Gasteiger partial charge in [0, 0.05) is 0 Å². The Labute approximate surface area is 217 Å². The summed E-state index contributed by atoms with van der Waals surface area (Å²) in [4.78, 5) is 32.8. The van der Waals surface area contributed by atoms with Gasteiger partial charge in [-0.1, -0.05) is 59.9 Å². The first kappa shape index (κ1) is 24.3. The second kappa shape index (κ2) is 10.3. The highest BCUT2D eigenvalue weighted by Gasteiger charge is 2.45. The zero-order valence-corrected chi connectivity index (χ0v) is 21.1. The van der Waals surface area contributed by atoms with Gasteiger partial charge in [0.05, 0.1) is 35.5 Å². The lowest BCUT2D eigenvalue weighted by Gasteiger charge is -2.24. The first-order valence-corrected chi connectivity index (χ1v) is 12.5. The van der Waals surface area contributed by atoms with Gasteiger partial charge in [0.25, 0.3) is 5.91 Å². The maximum Gasteiger partial charge on any atom is 0.296 e. The SMILES string of the molecule is CCOc1ccc(C2C(C(=O)C=Cc3ccccc3)=C(O)C(=O)N2c2nc3ccc(OC)cc3s2)cc1. The number of anilines is 1. The van der Waals surface area contributed by atoms with Crippen LogP contribution in [0.5, 0.6) is 11.5 Å². The molecule has 3 aromatic carbocycles. The average Bonchev–Trinajstić information content (AvgIpc) is 3.46. The predicted octanol–water partition coefficient (Wildman–Crippen LogP) is 5.89. The Balaban J connectivity index is 1.59. The van der Waals surface area contributed by atoms with Crippen LogP contribution in [0.25, 0.3) is 16.3 Å². The third-order valence-electron chi connectivity index (χ3n) is 6.00. The maximum atomic E-state index is 13.4. The molecular formula is C29H24N2O5S. The van der Waals surface area contributed by atoms with Crippen molar-refractivity contribution in [3.05, 3.63) is 101 Å². The number of nitrogens with zero attached hydrogens (tertiary/aromatic N) is 2. The molecular weight excluding hydrogens is 488 g/mol. The van der Waals surface area contributed by atoms with E-state index in [0.717, 1.165) is 10.3 Å². The highest BCUT2D eigenvalue weighted by Crippen LogP contribution is 2.44. The minimum absolute atomic E-state index is 0.00169. The number of ketones is 1. The van der Waals surface area contributed by atoms with Crippen molar-refractivity contribution in [1.29, 1.82) is 0 Å². The van der Waals surface area contributed by atoms with Crippen LogP contribution in [0.15, 0.2) is 90.2 Å². The van der Waals surface area contributed by atoms with E-state index in [9.17, 15) is 14.7 Å². The molecule has 0 radical (unpaired) electrons. The molecule has 37 heavy (non-hydrogen) atoms. The number of hydrogen-bond donors (Lipinski definition) is 1. The standard InChI is InChI=1S/C29H24N2O5S/c1-3-36-20-12-10-19(11-13-20)26-25(23(32)16-9-18-7-5-4-6-8-18)27(33)28(34)31(26)29-30-22-15-14-21(35-2)17-24(22)37-29/h4-17,26,33H,3H2,1-2H3. The van der Waals surface area contributed by atoms with E-state index in [-0.39, 0.29) is 5.57 Å². The van der Waals surface area contributed by atoms with E-state index in [1.54, 1.807) is 43.5 Å². The van der Waals surface area contributed by atoms with Crippen molar-refractivity contribution >= 4 is 44.5 Å². The monoisotopic (exact) mass is 512 g/mol. The molecule has 1 unspecified atom stereocenters. The Morgan fingerprint density at radius 1 is 1.08 bits per heavy atom. The number of aliphatic hydroxyl groups is 1. The quantitative estimate of drug-likeness (QED) is 0.296. The van der Waals surface area contributed by atoms with Crippen LogP contribution in [-0.4, -0.2) is 35.5 Å². The molecule has 0 bridgehead atoms. The van der Waals surface area contributed by atoms with E-state index < -0.39 is 23.5 Å². The van der Waals surface area contributed by atoms with Gasteiger partial charge < -0.3 is 14.6 Å². The van der Waals surface area contributed by atoms with Crippen LogP contribution in [0.4, 0.5) is 5.13 Å². The van der Waals surface area contributed by atoms with E-state index in [4.69, 9.17) is 9.47 Å². The van der Waals surface area contributed by atoms with Crippen LogP contribution in [0.3, 0.4) is 0 Å². The van der Waals surface area contributed by atoms with Crippen molar-refractivity contribution < 1.29 is 24.2 Å². The van der Waals surface area contributed by atoms with E-state index in [0.29, 0.717) is 34.3 Å². The van der Waals surface area contributed by atoms with Gasteiger partial charge in [0.15, 0.2) is 16.7 Å². The molecule has 7 nitrogen and oxygen atoms in total. The number of hydrogen-bond acceptors (Lipinski definition) is 7. The lowest BCUT2D eigenvalue weighted by atomic mass is 9.95. The van der Waals surface area contributed by atoms with Crippen molar-refractivity contribution in [2.75, 3.05) is 18.6 Å². The van der Waals surface area contributed by atoms with Crippen LogP contribution in [0.2, 0.25) is 0 Å². The van der Waals surface area contributed by atoms with Crippen LogP contribution in [0.1, 0.15) is 24.1 Å². The molecule has 1 aromatic heterocycles. The van der Waals surface area contributed by atoms with Crippen molar-refractivity contribution in [2.45, 2.75) is 13.0 Å². The zero-order valence-electron chi connectivity index (χ0n) is 20.3. The molecule has 1 aliphatic rings. The van der Waals surface area contributed by atoms with Crippen molar-refractivity contribution in [3.63, 3.8) is 0 Å². The number of amides is 1. The summed E-state index contributed by atoms with van der Waals surface area (Å²) in [5.41, 5.74) is 2.16. The highest BCUT2D eigenvalue weighted by atomic mass is 32.1. The molecule has 5 rings (SSSR count). The fraction of sp³-hybridized carbons (Fsp3) is 0.138. The van der Waals surface area contributed by atoms with Gasteiger partial charge in [0.2, 0.25) is 0 Å². The molecule has 0 aliphatic carbocycles. The van der Waals surface area contributed by atoms with Gasteiger partial charge in [-0.05, 0) is 54.5 Å². The van der Waals surface area contributed by atoms with Gasteiger partial charge >= 0.3 is 0 Å². The number of carbonyl (C=O) groups excluding carboxylic acids is 2. The molecule has 0 saturated heterocycles. The van der Waals surface area contributed by atoms with Crippen molar-refractivity contribution in [2.24, 2.45) is 0 Å². The van der Waals surface area contributed by atoms with Gasteiger partial charge in [-0.3, -0.25) is 14.5 Å². The molecule has 1 amide bonds. The fourth-order valence-corrected chi connectivity index (χ4v) is 5.25. The Morgan fingerprint density at radius 2 is 1.81 bits per heavy atom. The van der Waals surface area contributed by atoms with E-state index in [1.807, 2.05) is 49.4 Å². The van der Waals surface area contributed by atoms with E-state index >= 15 is 0 Å². The number of allylic oxidation sites excluding steroid dienone is 1. The number of aromatic nitrogens is 1. The normalized spacial score (nSPS) is 15.7. The molecule has 186 valence electrons. The number of carbonyl (C=O) groups is 2. The largest absolute Gasteiger partial charge is 0.503 e. The summed E-state index contributed by atoms with van der Waals surface area (Å²) in [5.74, 6) is -0.390. The van der Waals surface area contributed by atoms with Crippen molar-refractivity contribution in [1.82, 2.24) is 4.98 Å². The molecule has 0 saturated carbocycles. The second-order valence-corrected chi connectivity index (χ2v) is 9.29. The number of aliphatic hydroxyl groups excluding tert-OH is 1. The molecule has 2 heterocycles. The predicted molar refractivity (Wildman–Crippen MR) is 144 cm³/mol. The third kappa shape index (κ3) is 4.71. The Bertz CT molecular complexity index is 1520. The molecule has 1 N–H and O–H groups in total. The Hall–Kier alpha value is -4.43. The Kier molecular flexibility index (Phi) is 6.74. The minimum atomic E-state index is -0.862. The first-order chi connectivity index (χ1) is 18.0. The lowest BCUT2D eigenvalue weighted by molar-refractivity contribution is -0.117. The summed E-state index contributed by atoms with van der Waals surface area (Å²) in [7, 11) is 1.58. The third-order valence-corrected chi connectivity index (χ3v) is 7.02. The summed E-state index contributed by atoms with van der Waals surface area (Å²) in [6.07, 6.45) is 3.04. The minimum Gasteiger partial charge on any atom is -0.503 e. The molecule has 4 aromatic rings. The average molecular weight is 513 g/mol. The molecule has 0 fully saturated rings. The number of thiazole rings is 1. The van der Waals surface area contributed by atoms with E-state index in [1.165, 1.54) is 22.3 Å². The molecule has 1 aliphatic heterocycles. The Morgan fingerprint density at radius 3 is 2.51 bits per heavy atom. The molecule has 8 heteroatoms. The van der Waals surface area contributed by atoms with Gasteiger partial charge in [-0.2, -0.15) is 0 Å². The molecule has 1 atom stereocenters. The summed E-state index contributed by atoms with van der Waals surface area (Å²) in [6, 6.07) is 21.1. The van der Waals surface area contributed by atoms with Crippen LogP contribution in [-0.2, 0) is 9.59 Å². The van der Waals surface area contributed by atoms with Gasteiger partial charge in [-0.25, -0.2) is 4.98 Å². The van der Waals surface area contributed by atoms with E-state index in [2.05, 4.69) is 4.98 Å². The van der Waals surface area contributed by atoms with Crippen LogP contribution in [0, 0.1) is 0 Å². The van der Waals surface area contributed by atoms with Crippen LogP contribution < -0.4 is 14.4 Å². The summed E-state index contributed by atoms with van der Waals surface area (Å²) >= 11 is 1.29. The highest BCUT2D eigenvalue weighted by molar-refractivity contribution is 7.22. The van der Waals surface area contributed by atoms with Crippen molar-refractivity contribution in [3.8, 4) is 11.5 Å². The first-order valence-electron chi connectivity index (χ1n) is 11.7. The number of benzene rings is 3. The maximum absolute atomic E-state index is 13.4. The second-order valence-electron chi connectivity index (χ2n) is 8.28. The summed E-state index contributed by atoms with van der Waals surface area (Å²) in [5, 5.41) is 11.3. The lowest BCUT2D eigenvalue weighted by Crippen LogP contribution is -2.30. The number of rotatable bonds is 8. The fourth-order valence-electron chi connectivity index (χ4n) is 4.23. The summed E-state index contributed by atoms with van der Waals surface area (Å²) in [6.45, 7) is 2.40. The van der Waals surface area contributed by atoms with Gasteiger partial charge in [0.1, 0.15) is 11.5 Å². The number of fused-ring (bicyclic) bond motifs is 1.